The Bertz CT molecular complexity index is 3770. The van der Waals surface area contributed by atoms with Crippen LogP contribution in [0.2, 0.25) is 0 Å². The SMILES string of the molecule is N#CO.N#C[S-].[N-]=C=O.[Ni+2].[Ni+3].[Ni+3].[Ni+3].[c-]1ccccc1-c1[c-]c(-c2ccccn2)ccc1.[c-]1ccccc1-c1[c-]c(-c2ccccn2)ccc1.[c-]1ccccc1-c1[c-]c(-c2ccccn2)ccc1.[c-]1ccccc1-c1[c-]c(-c2ccccn2)ccc1.c1ccc([N-]c2ccccc2)cc1. The number of para-hydroxylation sites is 2. The van der Waals surface area contributed by atoms with Gasteiger partial charge < -0.3 is 28.5 Å². The van der Waals surface area contributed by atoms with Crippen LogP contribution in [-0.4, -0.2) is 31.1 Å². The number of hydrogen-bond acceptors (Lipinski definition) is 9. The Balaban J connectivity index is 0.000000307. The van der Waals surface area contributed by atoms with E-state index in [4.69, 9.17) is 25.8 Å². The van der Waals surface area contributed by atoms with Crippen molar-refractivity contribution in [2.24, 2.45) is 0 Å². The van der Waals surface area contributed by atoms with Crippen LogP contribution in [-0.2, 0) is 83.4 Å². The van der Waals surface area contributed by atoms with E-state index in [2.05, 4.69) is 86.4 Å². The summed E-state index contributed by atoms with van der Waals surface area (Å²) in [6, 6.07) is 126. The van der Waals surface area contributed by atoms with Gasteiger partial charge in [0.2, 0.25) is 0 Å². The molecule has 0 saturated carbocycles. The Morgan fingerprint density at radius 2 is 0.520 bits per heavy atom. The number of hydrogen-bond donors (Lipinski definition) is 1. The second-order valence-corrected chi connectivity index (χ2v) is 19.1. The molecule has 0 fully saturated rings. The van der Waals surface area contributed by atoms with Gasteiger partial charge in [-0.3, -0.25) is 24.7 Å². The zero-order chi connectivity index (χ0) is 65.9. The van der Waals surface area contributed by atoms with Gasteiger partial charge in [-0.05, 0) is 30.3 Å². The first-order valence-electron chi connectivity index (χ1n) is 28.9. The van der Waals surface area contributed by atoms with Gasteiger partial charge in [-0.25, -0.2) is 27.5 Å². The monoisotopic (exact) mass is 1460 g/mol. The van der Waals surface area contributed by atoms with Crippen LogP contribution in [0.4, 0.5) is 11.4 Å². The molecule has 10 aromatic carbocycles. The Morgan fingerprint density at radius 1 is 0.327 bits per heavy atom. The van der Waals surface area contributed by atoms with E-state index in [1.165, 1.54) is 5.40 Å². The summed E-state index contributed by atoms with van der Waals surface area (Å²) in [6.07, 6.45) is 8.43. The average Bonchev–Trinajstić information content (AvgIpc) is 0.894. The molecule has 10 nitrogen and oxygen atoms in total. The fraction of sp³-hybridized carbons (Fsp3) is 0. The van der Waals surface area contributed by atoms with Crippen LogP contribution in [0.5, 0.6) is 0 Å². The number of nitriles is 2. The van der Waals surface area contributed by atoms with Gasteiger partial charge in [-0.15, -0.1) is 106 Å². The molecule has 1 N–H and O–H groups in total. The summed E-state index contributed by atoms with van der Waals surface area (Å²) in [4.78, 5) is 25.6. The maximum Gasteiger partial charge on any atom is 3.00 e. The van der Waals surface area contributed by atoms with Gasteiger partial charge in [-0.1, -0.05) is 115 Å². The van der Waals surface area contributed by atoms with Gasteiger partial charge in [0.25, 0.3) is 6.26 Å². The van der Waals surface area contributed by atoms with Crippen molar-refractivity contribution in [3.63, 3.8) is 0 Å². The van der Waals surface area contributed by atoms with Crippen LogP contribution in [0.3, 0.4) is 0 Å². The van der Waals surface area contributed by atoms with E-state index >= 15 is 0 Å². The predicted octanol–water partition coefficient (Wildman–Crippen LogP) is 19.8. The average molecular weight is 1460 g/mol. The molecule has 4 aromatic heterocycles. The van der Waals surface area contributed by atoms with Crippen molar-refractivity contribution in [2.45, 2.75) is 0 Å². The predicted molar refractivity (Wildman–Crippen MR) is 376 cm³/mol. The number of carbonyl (C=O) groups excluding carboxylic acids is 1. The topological polar surface area (TPSA) is 173 Å². The molecular weight excluding hydrogens is 1410 g/mol. The standard InChI is InChI=1S/4C17H11N.C12H10N.CHNO.CNO.CHNS.4Ni/c4*1-2-7-14(8-3-1)15-9-6-10-16(13-15)17-11-4-5-12-18-17;1-3-7-11(8-4-1)13-12-9-5-2-6-10-12;3*2-1-3;;;;/h4*1-7,9-12H;1-10H;3H;;3H;;;;/q4*-2;-1;;-1;;+2;3*+3/p-1. The zero-order valence-corrected chi connectivity index (χ0v) is 56.6. The molecule has 0 unspecified atom stereocenters. The van der Waals surface area contributed by atoms with Gasteiger partial charge in [0.15, 0.2) is 0 Å². The molecule has 15 heteroatoms. The molecule has 0 amide bonds. The fourth-order valence-electron chi connectivity index (χ4n) is 8.59. The number of nitrogens with zero attached hydrogens (tertiary/aromatic N) is 8. The molecule has 3 radical (unpaired) electrons. The maximum absolute atomic E-state index is 8.24. The van der Waals surface area contributed by atoms with E-state index in [-0.39, 0.29) is 66.0 Å². The smallest absolute Gasteiger partial charge is 0.724 e. The molecule has 485 valence electrons. The Hall–Kier alpha value is -11.0. The normalized spacial score (nSPS) is 9.00. The van der Waals surface area contributed by atoms with Crippen LogP contribution < -0.4 is 0 Å². The van der Waals surface area contributed by atoms with Crippen molar-refractivity contribution >= 4 is 30.1 Å². The summed E-state index contributed by atoms with van der Waals surface area (Å²) in [5, 5.41) is 33.4. The number of thiocyanates is 1. The van der Waals surface area contributed by atoms with Crippen LogP contribution in [0.1, 0.15) is 0 Å². The molecule has 0 aliphatic heterocycles. The van der Waals surface area contributed by atoms with Crippen molar-refractivity contribution in [3.8, 4) is 101 Å². The minimum atomic E-state index is 0. The molecule has 0 spiro atoms. The Morgan fingerprint density at radius 3 is 0.714 bits per heavy atom. The Labute approximate surface area is 620 Å². The number of aliphatic hydroxyl groups excluding tert-OH is 1. The summed E-state index contributed by atoms with van der Waals surface area (Å²) in [6.45, 7) is 0. The van der Waals surface area contributed by atoms with E-state index in [1.807, 2.05) is 303 Å². The van der Waals surface area contributed by atoms with Crippen molar-refractivity contribution in [3.05, 3.63) is 387 Å². The van der Waals surface area contributed by atoms with Gasteiger partial charge >= 0.3 is 66.0 Å². The number of aliphatic hydroxyl groups is 1. The third kappa shape index (κ3) is 28.5. The van der Waals surface area contributed by atoms with E-state index in [0.29, 0.717) is 6.08 Å². The van der Waals surface area contributed by atoms with E-state index in [9.17, 15) is 0 Å². The molecule has 0 saturated heterocycles. The minimum absolute atomic E-state index is 0. The molecule has 98 heavy (non-hydrogen) atoms. The number of pyridine rings is 4. The van der Waals surface area contributed by atoms with Crippen molar-refractivity contribution < 1.29 is 75.9 Å². The van der Waals surface area contributed by atoms with Crippen LogP contribution >= 0.6 is 0 Å². The van der Waals surface area contributed by atoms with Gasteiger partial charge in [0.1, 0.15) is 0 Å². The first-order valence-corrected chi connectivity index (χ1v) is 29.3. The molecule has 4 heterocycles. The van der Waals surface area contributed by atoms with E-state index in [1.54, 1.807) is 24.8 Å². The van der Waals surface area contributed by atoms with Crippen molar-refractivity contribution in [1.29, 1.82) is 10.5 Å². The fourth-order valence-corrected chi connectivity index (χ4v) is 8.59. The molecular formula is C83H55N8Ni4O2S. The van der Waals surface area contributed by atoms with Gasteiger partial charge in [0.05, 0.1) is 0 Å². The third-order valence-electron chi connectivity index (χ3n) is 12.7. The summed E-state index contributed by atoms with van der Waals surface area (Å²) in [5.74, 6) is 0. The zero-order valence-electron chi connectivity index (χ0n) is 51.8. The molecule has 14 aromatic rings. The Kier molecular flexibility index (Phi) is 40.3. The second kappa shape index (κ2) is 48.6. The largest absolute Gasteiger partial charge is 3.00 e. The number of benzene rings is 10. The molecule has 0 bridgehead atoms. The van der Waals surface area contributed by atoms with Gasteiger partial charge in [-0.2, -0.15) is 173 Å². The van der Waals surface area contributed by atoms with Gasteiger partial charge in [0, 0.05) is 47.6 Å². The van der Waals surface area contributed by atoms with E-state index in [0.717, 1.165) is 107 Å². The van der Waals surface area contributed by atoms with Crippen LogP contribution in [0.15, 0.2) is 328 Å². The quantitative estimate of drug-likeness (QED) is 0.0349. The number of isocyanates is 1. The summed E-state index contributed by atoms with van der Waals surface area (Å²) in [5.41, 5.74) is 18.1. The number of rotatable bonds is 10. The van der Waals surface area contributed by atoms with Crippen LogP contribution in [0, 0.1) is 70.7 Å². The summed E-state index contributed by atoms with van der Waals surface area (Å²) >= 11 is 3.70. The number of aromatic nitrogens is 4. The molecule has 0 aliphatic rings. The first-order chi connectivity index (χ1) is 46.4. The molecule has 14 rings (SSSR count). The maximum atomic E-state index is 8.24. The summed E-state index contributed by atoms with van der Waals surface area (Å²) < 4.78 is 0. The second-order valence-electron chi connectivity index (χ2n) is 18.9. The molecule has 0 atom stereocenters. The third-order valence-corrected chi connectivity index (χ3v) is 12.7. The van der Waals surface area contributed by atoms with E-state index < -0.39 is 0 Å². The minimum Gasteiger partial charge on any atom is -0.724 e. The summed E-state index contributed by atoms with van der Waals surface area (Å²) in [7, 11) is 0. The first kappa shape index (κ1) is 81.2. The molecule has 0 aliphatic carbocycles. The van der Waals surface area contributed by atoms with Crippen molar-refractivity contribution in [1.82, 2.24) is 19.9 Å². The van der Waals surface area contributed by atoms with Crippen LogP contribution in [0.25, 0.3) is 100 Å². The van der Waals surface area contributed by atoms with Crippen molar-refractivity contribution in [2.75, 3.05) is 0 Å².